The van der Waals surface area contributed by atoms with Gasteiger partial charge in [-0.25, -0.2) is 4.79 Å². The third-order valence-corrected chi connectivity index (χ3v) is 4.08. The second-order valence-corrected chi connectivity index (χ2v) is 5.90. The van der Waals surface area contributed by atoms with Gasteiger partial charge in [0.1, 0.15) is 6.61 Å². The third kappa shape index (κ3) is 3.15. The van der Waals surface area contributed by atoms with Crippen LogP contribution in [0.25, 0.3) is 0 Å². The number of hydrogen-bond acceptors (Lipinski definition) is 3. The summed E-state index contributed by atoms with van der Waals surface area (Å²) in [4.78, 5) is 25.0. The van der Waals surface area contributed by atoms with Gasteiger partial charge in [-0.3, -0.25) is 4.79 Å². The molecule has 0 aromatic heterocycles. The first-order valence-electron chi connectivity index (χ1n) is 6.43. The van der Waals surface area contributed by atoms with Crippen molar-refractivity contribution in [3.8, 4) is 0 Å². The maximum atomic E-state index is 12.1. The van der Waals surface area contributed by atoms with Gasteiger partial charge >= 0.3 is 5.97 Å². The van der Waals surface area contributed by atoms with E-state index in [9.17, 15) is 14.7 Å². The van der Waals surface area contributed by atoms with Crippen LogP contribution in [0.15, 0.2) is 18.2 Å². The Kier molecular flexibility index (Phi) is 4.76. The highest BCUT2D eigenvalue weighted by atomic mass is 35.5. The average Bonchev–Trinajstić information content (AvgIpc) is 2.40. The number of amides is 1. The molecule has 1 aromatic carbocycles. The highest BCUT2D eigenvalue weighted by molar-refractivity contribution is 6.42. The quantitative estimate of drug-likeness (QED) is 0.924. The van der Waals surface area contributed by atoms with Gasteiger partial charge in [0.2, 0.25) is 5.91 Å². The molecule has 1 saturated heterocycles. The summed E-state index contributed by atoms with van der Waals surface area (Å²) in [7, 11) is 0. The van der Waals surface area contributed by atoms with Crippen molar-refractivity contribution < 1.29 is 19.4 Å². The Hall–Kier alpha value is -1.30. The van der Waals surface area contributed by atoms with Crippen molar-refractivity contribution >= 4 is 35.1 Å². The van der Waals surface area contributed by atoms with Crippen LogP contribution in [-0.2, 0) is 14.3 Å². The van der Waals surface area contributed by atoms with E-state index in [0.717, 1.165) is 0 Å². The van der Waals surface area contributed by atoms with Gasteiger partial charge in [0.15, 0.2) is 6.10 Å². The number of nitrogens with zero attached hydrogens (tertiary/aromatic N) is 1. The fourth-order valence-corrected chi connectivity index (χ4v) is 2.78. The lowest BCUT2D eigenvalue weighted by atomic mass is 9.96. The van der Waals surface area contributed by atoms with Crippen LogP contribution in [0.2, 0.25) is 10.0 Å². The Balaban J connectivity index is 2.51. The van der Waals surface area contributed by atoms with E-state index < -0.39 is 18.1 Å². The number of hydrogen-bond donors (Lipinski definition) is 1. The van der Waals surface area contributed by atoms with E-state index in [1.165, 1.54) is 4.90 Å². The molecule has 21 heavy (non-hydrogen) atoms. The van der Waals surface area contributed by atoms with E-state index in [2.05, 4.69) is 0 Å². The summed E-state index contributed by atoms with van der Waals surface area (Å²) >= 11 is 11.9. The fourth-order valence-electron chi connectivity index (χ4n) is 2.48. The first-order chi connectivity index (χ1) is 9.82. The van der Waals surface area contributed by atoms with Crippen LogP contribution < -0.4 is 0 Å². The molecule has 1 aromatic rings. The lowest BCUT2D eigenvalue weighted by molar-refractivity contribution is -0.175. The fraction of sp³-hybridized carbons (Fsp3) is 0.429. The summed E-state index contributed by atoms with van der Waals surface area (Å²) in [5, 5.41) is 10.0. The second kappa shape index (κ2) is 6.22. The monoisotopic (exact) mass is 331 g/mol. The average molecular weight is 332 g/mol. The van der Waals surface area contributed by atoms with Crippen LogP contribution in [-0.4, -0.2) is 40.6 Å². The largest absolute Gasteiger partial charge is 0.479 e. The summed E-state index contributed by atoms with van der Waals surface area (Å²) in [5.74, 6) is -1.37. The van der Waals surface area contributed by atoms with Crippen molar-refractivity contribution in [1.29, 1.82) is 0 Å². The van der Waals surface area contributed by atoms with Gasteiger partial charge in [-0.05, 0) is 31.5 Å². The minimum absolute atomic E-state index is 0.164. The zero-order valence-electron chi connectivity index (χ0n) is 11.5. The predicted octanol–water partition coefficient (Wildman–Crippen LogP) is 2.75. The number of carboxylic acid groups (broad SMARTS) is 1. The number of halogens is 2. The molecule has 1 amide bonds. The number of carboxylic acids is 1. The second-order valence-electron chi connectivity index (χ2n) is 5.08. The zero-order valence-corrected chi connectivity index (χ0v) is 13.1. The van der Waals surface area contributed by atoms with Gasteiger partial charge in [-0.2, -0.15) is 0 Å². The summed E-state index contributed by atoms with van der Waals surface area (Å²) in [6.45, 7) is 3.41. The van der Waals surface area contributed by atoms with E-state index in [-0.39, 0.29) is 18.6 Å². The first kappa shape index (κ1) is 16.1. The number of carbonyl (C=O) groups is 2. The van der Waals surface area contributed by atoms with Gasteiger partial charge in [-0.15, -0.1) is 0 Å². The van der Waals surface area contributed by atoms with Crippen molar-refractivity contribution in [2.24, 2.45) is 0 Å². The Morgan fingerprint density at radius 2 is 2.05 bits per heavy atom. The molecule has 1 aliphatic heterocycles. The van der Waals surface area contributed by atoms with Gasteiger partial charge in [0, 0.05) is 6.04 Å². The zero-order chi connectivity index (χ0) is 15.7. The molecule has 7 heteroatoms. The van der Waals surface area contributed by atoms with Gasteiger partial charge in [0.25, 0.3) is 0 Å². The molecule has 0 radical (unpaired) electrons. The molecule has 1 fully saturated rings. The van der Waals surface area contributed by atoms with Crippen molar-refractivity contribution in [1.82, 2.24) is 4.90 Å². The van der Waals surface area contributed by atoms with Crippen LogP contribution in [0.4, 0.5) is 0 Å². The van der Waals surface area contributed by atoms with Crippen LogP contribution in [0.5, 0.6) is 0 Å². The van der Waals surface area contributed by atoms with Crippen molar-refractivity contribution in [2.45, 2.75) is 32.0 Å². The molecule has 0 aliphatic carbocycles. The Bertz CT molecular complexity index is 576. The number of rotatable bonds is 3. The van der Waals surface area contributed by atoms with E-state index in [0.29, 0.717) is 15.6 Å². The molecule has 5 nitrogen and oxygen atoms in total. The van der Waals surface area contributed by atoms with Crippen LogP contribution in [0.1, 0.15) is 25.5 Å². The number of benzene rings is 1. The topological polar surface area (TPSA) is 66.8 Å². The number of ether oxygens (including phenoxy) is 1. The van der Waals surface area contributed by atoms with Crippen LogP contribution >= 0.6 is 23.2 Å². The predicted molar refractivity (Wildman–Crippen MR) is 78.6 cm³/mol. The van der Waals surface area contributed by atoms with E-state index >= 15 is 0 Å². The highest BCUT2D eigenvalue weighted by Gasteiger charge is 2.43. The molecule has 2 atom stereocenters. The first-order valence-corrected chi connectivity index (χ1v) is 7.19. The van der Waals surface area contributed by atoms with Gasteiger partial charge in [0.05, 0.1) is 16.1 Å². The number of morpholine rings is 1. The molecule has 2 rings (SSSR count). The molecule has 1 N–H and O–H groups in total. The smallest absolute Gasteiger partial charge is 0.335 e. The highest BCUT2D eigenvalue weighted by Crippen LogP contribution is 2.35. The molecule has 1 heterocycles. The number of aliphatic carboxylic acids is 1. The minimum atomic E-state index is -1.14. The van der Waals surface area contributed by atoms with E-state index in [1.807, 2.05) is 13.8 Å². The molecular weight excluding hydrogens is 317 g/mol. The van der Waals surface area contributed by atoms with Crippen molar-refractivity contribution in [3.63, 3.8) is 0 Å². The normalized spacial score (nSPS) is 22.7. The SMILES string of the molecule is CC(C)N1C(=O)COC(C(=O)O)C1c1ccc(Cl)c(Cl)c1. The van der Waals surface area contributed by atoms with Gasteiger partial charge < -0.3 is 14.7 Å². The molecule has 0 spiro atoms. The number of carbonyl (C=O) groups excluding carboxylic acids is 1. The lowest BCUT2D eigenvalue weighted by Crippen LogP contribution is -2.54. The maximum absolute atomic E-state index is 12.1. The van der Waals surface area contributed by atoms with E-state index in [1.54, 1.807) is 18.2 Å². The minimum Gasteiger partial charge on any atom is -0.479 e. The maximum Gasteiger partial charge on any atom is 0.335 e. The molecular formula is C14H15Cl2NO4. The van der Waals surface area contributed by atoms with Crippen LogP contribution in [0, 0.1) is 0 Å². The summed E-state index contributed by atoms with van der Waals surface area (Å²) < 4.78 is 5.20. The summed E-state index contributed by atoms with van der Waals surface area (Å²) in [5.41, 5.74) is 0.582. The van der Waals surface area contributed by atoms with Gasteiger partial charge in [-0.1, -0.05) is 29.3 Å². The third-order valence-electron chi connectivity index (χ3n) is 3.35. The molecule has 0 saturated carbocycles. The van der Waals surface area contributed by atoms with Crippen molar-refractivity contribution in [3.05, 3.63) is 33.8 Å². The Morgan fingerprint density at radius 3 is 2.57 bits per heavy atom. The lowest BCUT2D eigenvalue weighted by Gasteiger charge is -2.42. The van der Waals surface area contributed by atoms with Crippen molar-refractivity contribution in [2.75, 3.05) is 6.61 Å². The van der Waals surface area contributed by atoms with Crippen LogP contribution in [0.3, 0.4) is 0 Å². The Morgan fingerprint density at radius 1 is 1.38 bits per heavy atom. The summed E-state index contributed by atoms with van der Waals surface area (Å²) in [6, 6.07) is 3.91. The summed E-state index contributed by atoms with van der Waals surface area (Å²) in [6.07, 6.45) is -1.14. The Labute approximate surface area is 132 Å². The molecule has 1 aliphatic rings. The van der Waals surface area contributed by atoms with E-state index in [4.69, 9.17) is 27.9 Å². The molecule has 114 valence electrons. The molecule has 2 unspecified atom stereocenters. The standard InChI is InChI=1S/C14H15Cl2NO4/c1-7(2)17-11(18)6-21-13(14(19)20)12(17)8-3-4-9(15)10(16)5-8/h3-5,7,12-13H,6H2,1-2H3,(H,19,20). The molecule has 0 bridgehead atoms.